The molecule has 0 radical (unpaired) electrons. The number of hydrogen-bond donors (Lipinski definition) is 1. The van der Waals surface area contributed by atoms with Crippen molar-refractivity contribution in [2.24, 2.45) is 0 Å². The van der Waals surface area contributed by atoms with E-state index in [0.29, 0.717) is 17.4 Å². The van der Waals surface area contributed by atoms with Gasteiger partial charge in [0.05, 0.1) is 27.7 Å². The number of likely N-dealkylation sites (N-methyl/N-ethyl adjacent to an activating group) is 1. The molecule has 92 heavy (non-hydrogen) atoms. The van der Waals surface area contributed by atoms with Crippen LogP contribution in [0.15, 0.2) is 109 Å². The first-order chi connectivity index (χ1) is 45.0. The number of hydrogen-bond acceptors (Lipinski definition) is 7. The summed E-state index contributed by atoms with van der Waals surface area (Å²) in [4.78, 5) is 36.0. The third-order valence-electron chi connectivity index (χ3n) is 16.8. The zero-order valence-electron chi connectivity index (χ0n) is 60.8. The van der Waals surface area contributed by atoms with Crippen LogP contribution in [0.5, 0.6) is 0 Å². The lowest BCUT2D eigenvalue weighted by atomic mass is 10.0. The van der Waals surface area contributed by atoms with Gasteiger partial charge in [0.15, 0.2) is 6.10 Å². The van der Waals surface area contributed by atoms with Gasteiger partial charge in [0, 0.05) is 12.8 Å². The maximum atomic E-state index is 12.9. The third kappa shape index (κ3) is 75.7. The van der Waals surface area contributed by atoms with Gasteiger partial charge in [-0.25, -0.2) is 4.57 Å². The number of ether oxygens (including phenoxy) is 2. The summed E-state index contributed by atoms with van der Waals surface area (Å²) in [6.45, 7) is 4.35. The number of allylic oxidation sites excluding steroid dienone is 18. The largest absolute Gasteiger partial charge is 0.472 e. The summed E-state index contributed by atoms with van der Waals surface area (Å²) < 4.78 is 34.8. The zero-order chi connectivity index (χ0) is 66.9. The Morgan fingerprint density at radius 3 is 0.924 bits per heavy atom. The Balaban J connectivity index is 4.04. The number of esters is 2. The number of rotatable bonds is 71. The number of carbonyl (C=O) groups is 2. The highest BCUT2D eigenvalue weighted by atomic mass is 31.2. The minimum Gasteiger partial charge on any atom is -0.462 e. The van der Waals surface area contributed by atoms with E-state index in [4.69, 9.17) is 18.5 Å². The maximum absolute atomic E-state index is 12.9. The van der Waals surface area contributed by atoms with Crippen molar-refractivity contribution in [2.75, 3.05) is 47.5 Å². The summed E-state index contributed by atoms with van der Waals surface area (Å²) in [5, 5.41) is 0. The van der Waals surface area contributed by atoms with Gasteiger partial charge in [0.25, 0.3) is 0 Å². The Kier molecular flexibility index (Phi) is 69.3. The highest BCUT2D eigenvalue weighted by Crippen LogP contribution is 2.43. The van der Waals surface area contributed by atoms with E-state index in [9.17, 15) is 19.0 Å². The van der Waals surface area contributed by atoms with Crippen molar-refractivity contribution in [1.29, 1.82) is 0 Å². The molecular formula is C82H147NO8P+. The van der Waals surface area contributed by atoms with E-state index in [-0.39, 0.29) is 32.0 Å². The van der Waals surface area contributed by atoms with Gasteiger partial charge in [-0.3, -0.25) is 18.6 Å². The van der Waals surface area contributed by atoms with Gasteiger partial charge in [-0.15, -0.1) is 0 Å². The molecule has 0 spiro atoms. The Morgan fingerprint density at radius 2 is 0.620 bits per heavy atom. The molecule has 2 atom stereocenters. The SMILES string of the molecule is CC/C=C\C/C=C\C/C=C\C/C=C\C/C=C\C/C=C\C/C=C\C/C=C\C/C=C\CCCCCCCCCC(=O)OC(COC(=O)CCCCCCCCCCCCCCCCCCCCCCCCCCCCCCCCCCC)COP(=O)(O)OCC[N+](C)(C)C. The molecule has 0 heterocycles. The molecule has 0 saturated heterocycles. The van der Waals surface area contributed by atoms with Crippen molar-refractivity contribution in [3.8, 4) is 0 Å². The van der Waals surface area contributed by atoms with Crippen LogP contribution in [0.4, 0.5) is 0 Å². The Hall–Kier alpha value is -3.33. The van der Waals surface area contributed by atoms with Crippen molar-refractivity contribution in [3.05, 3.63) is 109 Å². The fraction of sp³-hybridized carbons (Fsp3) is 0.756. The van der Waals surface area contributed by atoms with E-state index in [1.807, 2.05) is 21.1 Å². The van der Waals surface area contributed by atoms with Crippen LogP contribution in [-0.4, -0.2) is 74.9 Å². The molecule has 0 amide bonds. The third-order valence-corrected chi connectivity index (χ3v) is 17.8. The monoisotopic (exact) mass is 1310 g/mol. The summed E-state index contributed by atoms with van der Waals surface area (Å²) in [6, 6.07) is 0. The Morgan fingerprint density at radius 1 is 0.348 bits per heavy atom. The molecule has 0 saturated carbocycles. The fourth-order valence-corrected chi connectivity index (χ4v) is 11.7. The number of quaternary nitrogens is 1. The van der Waals surface area contributed by atoms with Crippen LogP contribution in [0, 0.1) is 0 Å². The molecule has 10 heteroatoms. The van der Waals surface area contributed by atoms with Crippen LogP contribution in [0.2, 0.25) is 0 Å². The van der Waals surface area contributed by atoms with Crippen LogP contribution in [0.1, 0.15) is 348 Å². The highest BCUT2D eigenvalue weighted by molar-refractivity contribution is 7.47. The van der Waals surface area contributed by atoms with Crippen molar-refractivity contribution in [2.45, 2.75) is 354 Å². The van der Waals surface area contributed by atoms with E-state index in [1.54, 1.807) is 0 Å². The van der Waals surface area contributed by atoms with Gasteiger partial charge in [-0.05, 0) is 83.5 Å². The smallest absolute Gasteiger partial charge is 0.462 e. The predicted molar refractivity (Wildman–Crippen MR) is 399 cm³/mol. The molecule has 0 fully saturated rings. The van der Waals surface area contributed by atoms with Crippen LogP contribution >= 0.6 is 7.82 Å². The van der Waals surface area contributed by atoms with Crippen molar-refractivity contribution in [3.63, 3.8) is 0 Å². The topological polar surface area (TPSA) is 108 Å². The first kappa shape index (κ1) is 88.7. The standard InChI is InChI=1S/C82H146NO8P/c1-6-8-10-12-14-16-18-20-22-24-26-28-30-32-34-36-38-40-41-43-45-47-49-51-53-55-57-59-61-63-65-67-69-71-73-75-82(85)91-80(79-90-92(86,87)89-77-76-83(3,4)5)78-88-81(84)74-72-70-68-66-64-62-60-58-56-54-52-50-48-46-44-42-39-37-35-33-31-29-27-25-23-21-19-17-15-13-11-9-7-2/h8,10,14,16,20,22,26,28,32,34,38,40,43,45,49,51,55,57,80H,6-7,9,11-13,15,17-19,21,23-25,27,29-31,33,35-37,39,41-42,44,46-48,50,52-54,56,58-79H2,1-5H3/p+1/b10-8-,16-14-,22-20-,28-26-,34-32-,40-38-,45-43-,51-49-,57-55-. The summed E-state index contributed by atoms with van der Waals surface area (Å²) >= 11 is 0. The number of carbonyl (C=O) groups excluding carboxylic acids is 2. The van der Waals surface area contributed by atoms with Gasteiger partial charge < -0.3 is 18.9 Å². The molecule has 0 rings (SSSR count). The van der Waals surface area contributed by atoms with Gasteiger partial charge in [0.2, 0.25) is 0 Å². The molecular weight excluding hydrogens is 1160 g/mol. The van der Waals surface area contributed by atoms with Crippen molar-refractivity contribution < 1.29 is 42.1 Å². The second-order valence-corrected chi connectivity index (χ2v) is 28.5. The van der Waals surface area contributed by atoms with Gasteiger partial charge in [-0.2, -0.15) is 0 Å². The highest BCUT2D eigenvalue weighted by Gasteiger charge is 2.27. The average Bonchev–Trinajstić information content (AvgIpc) is 2.14. The van der Waals surface area contributed by atoms with Crippen molar-refractivity contribution in [1.82, 2.24) is 0 Å². The molecule has 2 unspecified atom stereocenters. The summed E-state index contributed by atoms with van der Waals surface area (Å²) in [7, 11) is 1.47. The molecule has 0 aliphatic carbocycles. The first-order valence-corrected chi connectivity index (χ1v) is 40.1. The molecule has 1 N–H and O–H groups in total. The van der Waals surface area contributed by atoms with E-state index in [1.165, 1.54) is 212 Å². The van der Waals surface area contributed by atoms with Gasteiger partial charge in [-0.1, -0.05) is 361 Å². The number of unbranched alkanes of at least 4 members (excludes halogenated alkanes) is 39. The number of phosphoric acid groups is 1. The minimum atomic E-state index is -4.40. The van der Waals surface area contributed by atoms with Crippen LogP contribution in [-0.2, 0) is 32.7 Å². The second-order valence-electron chi connectivity index (χ2n) is 27.0. The summed E-state index contributed by atoms with van der Waals surface area (Å²) in [5.74, 6) is -0.802. The lowest BCUT2D eigenvalue weighted by Gasteiger charge is -2.24. The Labute approximate surface area is 569 Å². The fourth-order valence-electron chi connectivity index (χ4n) is 11.0. The minimum absolute atomic E-state index is 0.0259. The average molecular weight is 1310 g/mol. The molecule has 9 nitrogen and oxygen atoms in total. The van der Waals surface area contributed by atoms with Crippen molar-refractivity contribution >= 4 is 19.8 Å². The molecule has 0 aromatic heterocycles. The number of phosphoric ester groups is 1. The Bertz CT molecular complexity index is 1920. The molecule has 532 valence electrons. The maximum Gasteiger partial charge on any atom is 0.472 e. The second kappa shape index (κ2) is 72.0. The summed E-state index contributed by atoms with van der Waals surface area (Å²) in [5.41, 5.74) is 0. The van der Waals surface area contributed by atoms with Crippen LogP contribution in [0.3, 0.4) is 0 Å². The van der Waals surface area contributed by atoms with Crippen LogP contribution in [0.25, 0.3) is 0 Å². The van der Waals surface area contributed by atoms with E-state index >= 15 is 0 Å². The molecule has 0 aliphatic heterocycles. The van der Waals surface area contributed by atoms with E-state index in [0.717, 1.165) is 103 Å². The summed E-state index contributed by atoms with van der Waals surface area (Å²) in [6.07, 6.45) is 102. The van der Waals surface area contributed by atoms with Gasteiger partial charge >= 0.3 is 19.8 Å². The lowest BCUT2D eigenvalue weighted by molar-refractivity contribution is -0.870. The lowest BCUT2D eigenvalue weighted by Crippen LogP contribution is -2.37. The zero-order valence-corrected chi connectivity index (χ0v) is 61.7. The molecule has 0 aliphatic rings. The molecule has 0 aromatic carbocycles. The quantitative estimate of drug-likeness (QED) is 0.0211. The normalized spacial score (nSPS) is 13.7. The molecule has 0 bridgehead atoms. The first-order valence-electron chi connectivity index (χ1n) is 38.6. The van der Waals surface area contributed by atoms with Crippen LogP contribution < -0.4 is 0 Å². The predicted octanol–water partition coefficient (Wildman–Crippen LogP) is 25.6. The molecule has 0 aromatic rings. The van der Waals surface area contributed by atoms with E-state index < -0.39 is 26.5 Å². The van der Waals surface area contributed by atoms with E-state index in [2.05, 4.69) is 123 Å². The van der Waals surface area contributed by atoms with Gasteiger partial charge in [0.1, 0.15) is 19.8 Å². The number of nitrogens with zero attached hydrogens (tertiary/aromatic N) is 1.